The third-order valence-corrected chi connectivity index (χ3v) is 3.05. The predicted octanol–water partition coefficient (Wildman–Crippen LogP) is 2.57. The molecule has 0 aliphatic carbocycles. The molecule has 1 fully saturated rings. The number of carbonyl (C=O) groups is 1. The number of nitro groups is 1. The Morgan fingerprint density at radius 3 is 2.53 bits per heavy atom. The SMILES string of the molecule is O=C(Cl)c1cc([N+](=O)[O-])ccc1N1CCCC1. The maximum absolute atomic E-state index is 11.3. The van der Waals surface area contributed by atoms with Crippen LogP contribution in [0, 0.1) is 10.1 Å². The van der Waals surface area contributed by atoms with Crippen LogP contribution in [0.2, 0.25) is 0 Å². The van der Waals surface area contributed by atoms with Crippen molar-refractivity contribution in [1.29, 1.82) is 0 Å². The van der Waals surface area contributed by atoms with Gasteiger partial charge in [0.05, 0.1) is 10.5 Å². The molecule has 1 heterocycles. The van der Waals surface area contributed by atoms with Gasteiger partial charge in [-0.3, -0.25) is 14.9 Å². The number of carbonyl (C=O) groups excluding carboxylic acids is 1. The third kappa shape index (κ3) is 2.39. The van der Waals surface area contributed by atoms with Crippen molar-refractivity contribution in [2.24, 2.45) is 0 Å². The number of non-ortho nitro benzene ring substituents is 1. The lowest BCUT2D eigenvalue weighted by Gasteiger charge is -2.19. The molecule has 90 valence electrons. The highest BCUT2D eigenvalue weighted by Crippen LogP contribution is 2.29. The van der Waals surface area contributed by atoms with Gasteiger partial charge < -0.3 is 4.90 Å². The summed E-state index contributed by atoms with van der Waals surface area (Å²) in [6, 6.07) is 4.24. The zero-order valence-corrected chi connectivity index (χ0v) is 9.81. The maximum Gasteiger partial charge on any atom is 0.270 e. The average molecular weight is 255 g/mol. The Kier molecular flexibility index (Phi) is 3.28. The highest BCUT2D eigenvalue weighted by atomic mass is 35.5. The molecule has 0 radical (unpaired) electrons. The van der Waals surface area contributed by atoms with Gasteiger partial charge in [0, 0.05) is 30.9 Å². The van der Waals surface area contributed by atoms with Crippen LogP contribution in [0.1, 0.15) is 23.2 Å². The van der Waals surface area contributed by atoms with Gasteiger partial charge in [-0.1, -0.05) is 0 Å². The van der Waals surface area contributed by atoms with Gasteiger partial charge in [0.1, 0.15) is 0 Å². The van der Waals surface area contributed by atoms with E-state index in [0.717, 1.165) is 25.9 Å². The molecule has 17 heavy (non-hydrogen) atoms. The minimum atomic E-state index is -0.657. The van der Waals surface area contributed by atoms with Crippen molar-refractivity contribution >= 4 is 28.2 Å². The van der Waals surface area contributed by atoms with E-state index in [2.05, 4.69) is 0 Å². The molecule has 0 spiro atoms. The average Bonchev–Trinajstić information content (AvgIpc) is 2.81. The summed E-state index contributed by atoms with van der Waals surface area (Å²) >= 11 is 5.48. The fraction of sp³-hybridized carbons (Fsp3) is 0.364. The molecule has 0 unspecified atom stereocenters. The molecule has 0 bridgehead atoms. The first-order chi connectivity index (χ1) is 8.09. The predicted molar refractivity (Wildman–Crippen MR) is 64.7 cm³/mol. The van der Waals surface area contributed by atoms with Gasteiger partial charge in [-0.05, 0) is 30.5 Å². The van der Waals surface area contributed by atoms with Gasteiger partial charge in [0.25, 0.3) is 10.9 Å². The van der Waals surface area contributed by atoms with Crippen LogP contribution in [-0.2, 0) is 0 Å². The van der Waals surface area contributed by atoms with Gasteiger partial charge in [-0.25, -0.2) is 0 Å². The summed E-state index contributed by atoms with van der Waals surface area (Å²) in [4.78, 5) is 23.5. The second-order valence-electron chi connectivity index (χ2n) is 3.93. The van der Waals surface area contributed by atoms with Crippen LogP contribution in [0.3, 0.4) is 0 Å². The molecule has 0 N–H and O–H groups in total. The van der Waals surface area contributed by atoms with Crippen LogP contribution >= 0.6 is 11.6 Å². The van der Waals surface area contributed by atoms with Crippen LogP contribution in [0.4, 0.5) is 11.4 Å². The second-order valence-corrected chi connectivity index (χ2v) is 4.27. The van der Waals surface area contributed by atoms with E-state index < -0.39 is 10.2 Å². The molecule has 1 aromatic carbocycles. The summed E-state index contributed by atoms with van der Waals surface area (Å²) < 4.78 is 0. The Bertz CT molecular complexity index is 470. The molecule has 2 rings (SSSR count). The number of hydrogen-bond acceptors (Lipinski definition) is 4. The summed E-state index contributed by atoms with van der Waals surface area (Å²) in [5, 5.41) is 9.99. The third-order valence-electron chi connectivity index (χ3n) is 2.85. The quantitative estimate of drug-likeness (QED) is 0.472. The number of rotatable bonds is 3. The van der Waals surface area contributed by atoms with E-state index in [9.17, 15) is 14.9 Å². The lowest BCUT2D eigenvalue weighted by Crippen LogP contribution is -2.20. The van der Waals surface area contributed by atoms with Crippen LogP contribution in [0.25, 0.3) is 0 Å². The van der Waals surface area contributed by atoms with Crippen molar-refractivity contribution in [3.05, 3.63) is 33.9 Å². The minimum Gasteiger partial charge on any atom is -0.371 e. The summed E-state index contributed by atoms with van der Waals surface area (Å²) in [6.07, 6.45) is 2.12. The van der Waals surface area contributed by atoms with Gasteiger partial charge in [-0.15, -0.1) is 0 Å². The molecule has 6 heteroatoms. The van der Waals surface area contributed by atoms with E-state index in [4.69, 9.17) is 11.6 Å². The van der Waals surface area contributed by atoms with E-state index in [1.54, 1.807) is 6.07 Å². The first-order valence-corrected chi connectivity index (χ1v) is 5.70. The fourth-order valence-electron chi connectivity index (χ4n) is 2.03. The van der Waals surface area contributed by atoms with Crippen LogP contribution in [0.15, 0.2) is 18.2 Å². The second kappa shape index (κ2) is 4.71. The normalized spacial score (nSPS) is 15.0. The topological polar surface area (TPSA) is 63.4 Å². The Morgan fingerprint density at radius 2 is 2.00 bits per heavy atom. The van der Waals surface area contributed by atoms with E-state index >= 15 is 0 Å². The lowest BCUT2D eigenvalue weighted by molar-refractivity contribution is -0.384. The number of anilines is 1. The molecule has 0 amide bonds. The van der Waals surface area contributed by atoms with Crippen LogP contribution in [-0.4, -0.2) is 23.3 Å². The molecular formula is C11H11ClN2O3. The minimum absolute atomic E-state index is 0.114. The zero-order valence-electron chi connectivity index (χ0n) is 9.06. The lowest BCUT2D eigenvalue weighted by atomic mass is 10.1. The van der Waals surface area contributed by atoms with E-state index in [0.29, 0.717) is 5.69 Å². The largest absolute Gasteiger partial charge is 0.371 e. The Balaban J connectivity index is 2.44. The number of benzene rings is 1. The van der Waals surface area contributed by atoms with Crippen molar-refractivity contribution in [1.82, 2.24) is 0 Å². The number of hydrogen-bond donors (Lipinski definition) is 0. The van der Waals surface area contributed by atoms with Crippen LogP contribution in [0.5, 0.6) is 0 Å². The molecule has 1 aromatic rings. The number of nitrogens with zero attached hydrogens (tertiary/aromatic N) is 2. The molecule has 0 atom stereocenters. The zero-order chi connectivity index (χ0) is 12.4. The van der Waals surface area contributed by atoms with Gasteiger partial charge in [0.2, 0.25) is 0 Å². The Morgan fingerprint density at radius 1 is 1.35 bits per heavy atom. The molecule has 0 aromatic heterocycles. The standard InChI is InChI=1S/C11H11ClN2O3/c12-11(15)9-7-8(14(16)17)3-4-10(9)13-5-1-2-6-13/h3-4,7H,1-2,5-6H2. The van der Waals surface area contributed by atoms with Crippen molar-refractivity contribution in [3.63, 3.8) is 0 Å². The van der Waals surface area contributed by atoms with Gasteiger partial charge in [0.15, 0.2) is 0 Å². The first kappa shape index (κ1) is 11.9. The Hall–Kier alpha value is -1.62. The van der Waals surface area contributed by atoms with E-state index in [1.807, 2.05) is 4.90 Å². The highest BCUT2D eigenvalue weighted by molar-refractivity contribution is 6.68. The summed E-state index contributed by atoms with van der Waals surface area (Å²) in [6.45, 7) is 1.71. The molecule has 1 aliphatic heterocycles. The summed E-state index contributed by atoms with van der Waals surface area (Å²) in [5.74, 6) is 0. The highest BCUT2D eigenvalue weighted by Gasteiger charge is 2.21. The molecular weight excluding hydrogens is 244 g/mol. The summed E-state index contributed by atoms with van der Waals surface area (Å²) in [5.41, 5.74) is 0.785. The van der Waals surface area contributed by atoms with Crippen molar-refractivity contribution in [2.75, 3.05) is 18.0 Å². The van der Waals surface area contributed by atoms with Gasteiger partial charge >= 0.3 is 0 Å². The van der Waals surface area contributed by atoms with Crippen molar-refractivity contribution in [3.8, 4) is 0 Å². The maximum atomic E-state index is 11.3. The number of halogens is 1. The fourth-order valence-corrected chi connectivity index (χ4v) is 2.18. The smallest absolute Gasteiger partial charge is 0.270 e. The Labute approximate surface area is 103 Å². The number of nitro benzene ring substituents is 1. The van der Waals surface area contributed by atoms with Crippen molar-refractivity contribution in [2.45, 2.75) is 12.8 Å². The van der Waals surface area contributed by atoms with Crippen LogP contribution < -0.4 is 4.90 Å². The van der Waals surface area contributed by atoms with Gasteiger partial charge in [-0.2, -0.15) is 0 Å². The van der Waals surface area contributed by atoms with Crippen molar-refractivity contribution < 1.29 is 9.72 Å². The molecule has 1 saturated heterocycles. The summed E-state index contributed by atoms with van der Waals surface area (Å²) in [7, 11) is 0. The first-order valence-electron chi connectivity index (χ1n) is 5.33. The molecule has 0 saturated carbocycles. The monoisotopic (exact) mass is 254 g/mol. The molecule has 1 aliphatic rings. The van der Waals surface area contributed by atoms with E-state index in [-0.39, 0.29) is 11.3 Å². The molecule has 5 nitrogen and oxygen atoms in total. The van der Waals surface area contributed by atoms with E-state index in [1.165, 1.54) is 12.1 Å².